The molecular formula is C8H9N3S. The second-order valence-electron chi connectivity index (χ2n) is 2.44. The van der Waals surface area contributed by atoms with E-state index in [4.69, 9.17) is 0 Å². The summed E-state index contributed by atoms with van der Waals surface area (Å²) in [5, 5.41) is 3.07. The van der Waals surface area contributed by atoms with Gasteiger partial charge in [-0.1, -0.05) is 6.92 Å². The van der Waals surface area contributed by atoms with Crippen molar-refractivity contribution in [2.45, 2.75) is 13.3 Å². The number of aryl methyl sites for hydroxylation is 1. The molecule has 3 nitrogen and oxygen atoms in total. The molecule has 0 bridgehead atoms. The summed E-state index contributed by atoms with van der Waals surface area (Å²) < 4.78 is 1.92. The SMILES string of the molecule is CCc1csc(-n2ccnc2)n1. The van der Waals surface area contributed by atoms with Crippen LogP contribution in [-0.4, -0.2) is 14.5 Å². The van der Waals surface area contributed by atoms with Crippen LogP contribution >= 0.6 is 11.3 Å². The number of rotatable bonds is 2. The van der Waals surface area contributed by atoms with E-state index in [1.54, 1.807) is 23.9 Å². The van der Waals surface area contributed by atoms with Gasteiger partial charge in [0.2, 0.25) is 0 Å². The minimum atomic E-state index is 0.990. The molecule has 0 saturated heterocycles. The maximum atomic E-state index is 4.41. The van der Waals surface area contributed by atoms with Gasteiger partial charge in [-0.15, -0.1) is 11.3 Å². The molecule has 0 saturated carbocycles. The molecule has 0 radical (unpaired) electrons. The fourth-order valence-corrected chi connectivity index (χ4v) is 1.81. The average molecular weight is 179 g/mol. The van der Waals surface area contributed by atoms with Crippen LogP contribution in [0.15, 0.2) is 24.1 Å². The van der Waals surface area contributed by atoms with Crippen LogP contribution in [-0.2, 0) is 6.42 Å². The van der Waals surface area contributed by atoms with Crippen molar-refractivity contribution in [2.24, 2.45) is 0 Å². The van der Waals surface area contributed by atoms with Crippen LogP contribution in [0.1, 0.15) is 12.6 Å². The largest absolute Gasteiger partial charge is 0.282 e. The van der Waals surface area contributed by atoms with E-state index in [2.05, 4.69) is 22.3 Å². The van der Waals surface area contributed by atoms with Crippen molar-refractivity contribution in [3.63, 3.8) is 0 Å². The standard InChI is InChI=1S/C8H9N3S/c1-2-7-5-12-8(10-7)11-4-3-9-6-11/h3-6H,2H2,1H3. The maximum Gasteiger partial charge on any atom is 0.195 e. The van der Waals surface area contributed by atoms with Crippen molar-refractivity contribution in [3.8, 4) is 5.13 Å². The zero-order chi connectivity index (χ0) is 8.39. The molecule has 12 heavy (non-hydrogen) atoms. The molecular weight excluding hydrogens is 170 g/mol. The normalized spacial score (nSPS) is 10.4. The van der Waals surface area contributed by atoms with Gasteiger partial charge in [0.1, 0.15) is 6.33 Å². The molecule has 0 N–H and O–H groups in total. The van der Waals surface area contributed by atoms with Gasteiger partial charge in [-0.2, -0.15) is 0 Å². The lowest BCUT2D eigenvalue weighted by Crippen LogP contribution is -1.88. The Bertz CT molecular complexity index is 350. The zero-order valence-electron chi connectivity index (χ0n) is 6.77. The number of aromatic nitrogens is 3. The summed E-state index contributed by atoms with van der Waals surface area (Å²) in [4.78, 5) is 8.38. The number of imidazole rings is 1. The van der Waals surface area contributed by atoms with E-state index in [1.165, 1.54) is 0 Å². The zero-order valence-corrected chi connectivity index (χ0v) is 7.58. The second kappa shape index (κ2) is 3.06. The van der Waals surface area contributed by atoms with Crippen molar-refractivity contribution in [3.05, 3.63) is 29.8 Å². The Balaban J connectivity index is 2.35. The van der Waals surface area contributed by atoms with Gasteiger partial charge in [0.05, 0.1) is 5.69 Å². The van der Waals surface area contributed by atoms with E-state index in [0.717, 1.165) is 17.2 Å². The molecule has 0 aromatic carbocycles. The van der Waals surface area contributed by atoms with Gasteiger partial charge in [-0.3, -0.25) is 4.57 Å². The third-order valence-electron chi connectivity index (χ3n) is 1.63. The summed E-state index contributed by atoms with van der Waals surface area (Å²) in [6, 6.07) is 0. The highest BCUT2D eigenvalue weighted by atomic mass is 32.1. The Kier molecular flexibility index (Phi) is 1.91. The Labute approximate surface area is 74.7 Å². The van der Waals surface area contributed by atoms with Crippen LogP contribution in [0.4, 0.5) is 0 Å². The highest BCUT2D eigenvalue weighted by Crippen LogP contribution is 2.14. The van der Waals surface area contributed by atoms with Gasteiger partial charge in [0.15, 0.2) is 5.13 Å². The van der Waals surface area contributed by atoms with Gasteiger partial charge in [0, 0.05) is 17.8 Å². The summed E-state index contributed by atoms with van der Waals surface area (Å²) in [7, 11) is 0. The van der Waals surface area contributed by atoms with E-state index in [1.807, 2.05) is 10.8 Å². The summed E-state index contributed by atoms with van der Waals surface area (Å²) in [5.74, 6) is 0. The molecule has 0 aliphatic carbocycles. The van der Waals surface area contributed by atoms with E-state index >= 15 is 0 Å². The highest BCUT2D eigenvalue weighted by Gasteiger charge is 2.00. The van der Waals surface area contributed by atoms with Crippen molar-refractivity contribution >= 4 is 11.3 Å². The molecule has 0 spiro atoms. The average Bonchev–Trinajstić information content (AvgIpc) is 2.75. The van der Waals surface area contributed by atoms with Crippen molar-refractivity contribution in [1.29, 1.82) is 0 Å². The van der Waals surface area contributed by atoms with Crippen molar-refractivity contribution < 1.29 is 0 Å². The quantitative estimate of drug-likeness (QED) is 0.704. The molecule has 0 aliphatic rings. The maximum absolute atomic E-state index is 4.41. The molecule has 2 rings (SSSR count). The van der Waals surface area contributed by atoms with E-state index in [-0.39, 0.29) is 0 Å². The Morgan fingerprint density at radius 2 is 2.50 bits per heavy atom. The second-order valence-corrected chi connectivity index (χ2v) is 3.28. The van der Waals surface area contributed by atoms with Gasteiger partial charge in [-0.05, 0) is 6.42 Å². The summed E-state index contributed by atoms with van der Waals surface area (Å²) in [6.07, 6.45) is 6.41. The minimum Gasteiger partial charge on any atom is -0.282 e. The molecule has 0 unspecified atom stereocenters. The highest BCUT2D eigenvalue weighted by molar-refractivity contribution is 7.12. The Morgan fingerprint density at radius 1 is 1.58 bits per heavy atom. The molecule has 4 heteroatoms. The van der Waals surface area contributed by atoms with E-state index in [0.29, 0.717) is 0 Å². The fourth-order valence-electron chi connectivity index (χ4n) is 0.950. The van der Waals surface area contributed by atoms with Crippen LogP contribution in [0.5, 0.6) is 0 Å². The third kappa shape index (κ3) is 1.25. The van der Waals surface area contributed by atoms with E-state index < -0.39 is 0 Å². The lowest BCUT2D eigenvalue weighted by molar-refractivity contribution is 0.983. The first-order valence-corrected chi connectivity index (χ1v) is 4.71. The molecule has 0 amide bonds. The number of thiazole rings is 1. The lowest BCUT2D eigenvalue weighted by atomic mass is 10.4. The summed E-state index contributed by atoms with van der Waals surface area (Å²) in [6.45, 7) is 2.10. The lowest BCUT2D eigenvalue weighted by Gasteiger charge is -1.91. The topological polar surface area (TPSA) is 30.7 Å². The Morgan fingerprint density at radius 3 is 3.08 bits per heavy atom. The van der Waals surface area contributed by atoms with Crippen LogP contribution in [0.25, 0.3) is 5.13 Å². The van der Waals surface area contributed by atoms with Gasteiger partial charge < -0.3 is 0 Å². The van der Waals surface area contributed by atoms with Gasteiger partial charge >= 0.3 is 0 Å². The number of hydrogen-bond acceptors (Lipinski definition) is 3. The molecule has 0 fully saturated rings. The first-order chi connectivity index (χ1) is 5.90. The monoisotopic (exact) mass is 179 g/mol. The third-order valence-corrected chi connectivity index (χ3v) is 2.53. The summed E-state index contributed by atoms with van der Waals surface area (Å²) >= 11 is 1.64. The summed E-state index contributed by atoms with van der Waals surface area (Å²) in [5.41, 5.74) is 1.14. The van der Waals surface area contributed by atoms with Gasteiger partial charge in [-0.25, -0.2) is 9.97 Å². The molecule has 62 valence electrons. The van der Waals surface area contributed by atoms with Crippen LogP contribution < -0.4 is 0 Å². The molecule has 0 atom stereocenters. The van der Waals surface area contributed by atoms with Crippen molar-refractivity contribution in [2.75, 3.05) is 0 Å². The van der Waals surface area contributed by atoms with Crippen LogP contribution in [0, 0.1) is 0 Å². The first-order valence-electron chi connectivity index (χ1n) is 3.83. The minimum absolute atomic E-state index is 0.990. The number of nitrogens with zero attached hydrogens (tertiary/aromatic N) is 3. The first kappa shape index (κ1) is 7.49. The Hall–Kier alpha value is -1.16. The smallest absolute Gasteiger partial charge is 0.195 e. The van der Waals surface area contributed by atoms with Crippen molar-refractivity contribution in [1.82, 2.24) is 14.5 Å². The predicted molar refractivity (Wildman–Crippen MR) is 48.6 cm³/mol. The van der Waals surface area contributed by atoms with Crippen LogP contribution in [0.2, 0.25) is 0 Å². The molecule has 2 aromatic heterocycles. The van der Waals surface area contributed by atoms with E-state index in [9.17, 15) is 0 Å². The predicted octanol–water partition coefficient (Wildman–Crippen LogP) is 1.89. The number of hydrogen-bond donors (Lipinski definition) is 0. The van der Waals surface area contributed by atoms with Crippen LogP contribution in [0.3, 0.4) is 0 Å². The molecule has 2 aromatic rings. The molecule has 0 aliphatic heterocycles. The van der Waals surface area contributed by atoms with Gasteiger partial charge in [0.25, 0.3) is 0 Å². The molecule has 2 heterocycles. The fraction of sp³-hybridized carbons (Fsp3) is 0.250.